The van der Waals surface area contributed by atoms with Crippen molar-refractivity contribution in [2.24, 2.45) is 5.73 Å². The summed E-state index contributed by atoms with van der Waals surface area (Å²) in [5.74, 6) is 0.878. The highest BCUT2D eigenvalue weighted by atomic mass is 35.5. The molecule has 24 heavy (non-hydrogen) atoms. The number of nitrogens with two attached hydrogens (primary N) is 1. The summed E-state index contributed by atoms with van der Waals surface area (Å²) in [6.07, 6.45) is 1.74. The Morgan fingerprint density at radius 3 is 2.38 bits per heavy atom. The van der Waals surface area contributed by atoms with E-state index in [1.54, 1.807) is 0 Å². The van der Waals surface area contributed by atoms with Crippen LogP contribution in [-0.4, -0.2) is 29.9 Å². The monoisotopic (exact) mass is 346 g/mol. The summed E-state index contributed by atoms with van der Waals surface area (Å²) >= 11 is 0. The largest absolute Gasteiger partial charge is 0.489 e. The Morgan fingerprint density at radius 1 is 1.04 bits per heavy atom. The molecule has 1 heterocycles. The van der Waals surface area contributed by atoms with Gasteiger partial charge in [0.2, 0.25) is 0 Å². The number of likely N-dealkylation sites (tertiary alicyclic amines) is 1. The van der Waals surface area contributed by atoms with E-state index < -0.39 is 0 Å². The maximum Gasteiger partial charge on any atom is 0.254 e. The van der Waals surface area contributed by atoms with Crippen LogP contribution in [0.1, 0.15) is 28.8 Å². The molecule has 0 bridgehead atoms. The van der Waals surface area contributed by atoms with E-state index in [0.717, 1.165) is 42.8 Å². The van der Waals surface area contributed by atoms with Gasteiger partial charge in [-0.15, -0.1) is 12.4 Å². The van der Waals surface area contributed by atoms with Crippen molar-refractivity contribution in [2.45, 2.75) is 25.5 Å². The van der Waals surface area contributed by atoms with Crippen molar-refractivity contribution in [2.75, 3.05) is 13.1 Å². The summed E-state index contributed by atoms with van der Waals surface area (Å²) in [5.41, 5.74) is 7.55. The zero-order valence-corrected chi connectivity index (χ0v) is 14.4. The first kappa shape index (κ1) is 18.3. The van der Waals surface area contributed by atoms with E-state index in [1.807, 2.05) is 59.5 Å². The van der Waals surface area contributed by atoms with Crippen LogP contribution in [0.2, 0.25) is 0 Å². The molecule has 0 saturated carbocycles. The van der Waals surface area contributed by atoms with Crippen LogP contribution in [0.5, 0.6) is 5.75 Å². The molecule has 5 heteroatoms. The highest BCUT2D eigenvalue weighted by molar-refractivity contribution is 5.95. The Hall–Kier alpha value is -2.04. The van der Waals surface area contributed by atoms with E-state index in [1.165, 1.54) is 0 Å². The maximum absolute atomic E-state index is 12.8. The highest BCUT2D eigenvalue weighted by Gasteiger charge is 2.23. The standard InChI is InChI=1S/C19H22N2O2.ClH/c20-16-10-12-21(13-11-16)19(22)18-9-5-4-6-15(18)14-23-17-7-2-1-3-8-17;/h1-9,16H,10-14,20H2;1H. The summed E-state index contributed by atoms with van der Waals surface area (Å²) in [6.45, 7) is 1.85. The lowest BCUT2D eigenvalue weighted by Gasteiger charge is -2.30. The zero-order chi connectivity index (χ0) is 16.1. The number of carbonyl (C=O) groups excluding carboxylic acids is 1. The van der Waals surface area contributed by atoms with Crippen LogP contribution in [0.15, 0.2) is 54.6 Å². The first-order valence-electron chi connectivity index (χ1n) is 8.04. The van der Waals surface area contributed by atoms with Crippen LogP contribution in [0.3, 0.4) is 0 Å². The number of hydrogen-bond donors (Lipinski definition) is 1. The Kier molecular flexibility index (Phi) is 6.64. The van der Waals surface area contributed by atoms with Gasteiger partial charge < -0.3 is 15.4 Å². The van der Waals surface area contributed by atoms with Gasteiger partial charge in [-0.05, 0) is 31.0 Å². The fourth-order valence-electron chi connectivity index (χ4n) is 2.81. The number of halogens is 1. The molecule has 0 spiro atoms. The smallest absolute Gasteiger partial charge is 0.254 e. The van der Waals surface area contributed by atoms with Crippen molar-refractivity contribution < 1.29 is 9.53 Å². The number of nitrogens with zero attached hydrogens (tertiary/aromatic N) is 1. The average molecular weight is 347 g/mol. The molecule has 0 aliphatic carbocycles. The highest BCUT2D eigenvalue weighted by Crippen LogP contribution is 2.18. The topological polar surface area (TPSA) is 55.6 Å². The van der Waals surface area contributed by atoms with Gasteiger partial charge in [-0.2, -0.15) is 0 Å². The van der Waals surface area contributed by atoms with Gasteiger partial charge in [0.25, 0.3) is 5.91 Å². The Morgan fingerprint density at radius 2 is 1.67 bits per heavy atom. The number of amides is 1. The second-order valence-electron chi connectivity index (χ2n) is 5.89. The lowest BCUT2D eigenvalue weighted by atomic mass is 10.0. The predicted octanol–water partition coefficient (Wildman–Crippen LogP) is 3.25. The van der Waals surface area contributed by atoms with Crippen molar-refractivity contribution in [1.82, 2.24) is 4.90 Å². The molecular formula is C19H23ClN2O2. The molecule has 128 valence electrons. The van der Waals surface area contributed by atoms with Crippen molar-refractivity contribution in [3.63, 3.8) is 0 Å². The van der Waals surface area contributed by atoms with Gasteiger partial charge in [0.15, 0.2) is 0 Å². The van der Waals surface area contributed by atoms with Crippen LogP contribution >= 0.6 is 12.4 Å². The van der Waals surface area contributed by atoms with Crippen LogP contribution in [0.4, 0.5) is 0 Å². The van der Waals surface area contributed by atoms with Crippen molar-refractivity contribution in [1.29, 1.82) is 0 Å². The summed E-state index contributed by atoms with van der Waals surface area (Å²) in [6, 6.07) is 17.5. The minimum atomic E-state index is 0. The van der Waals surface area contributed by atoms with Crippen LogP contribution < -0.4 is 10.5 Å². The van der Waals surface area contributed by atoms with Gasteiger partial charge in [-0.25, -0.2) is 0 Å². The fraction of sp³-hybridized carbons (Fsp3) is 0.316. The minimum absolute atomic E-state index is 0. The molecule has 3 rings (SSSR count). The maximum atomic E-state index is 12.8. The van der Waals surface area contributed by atoms with Gasteiger partial charge in [-0.3, -0.25) is 4.79 Å². The van der Waals surface area contributed by atoms with Crippen LogP contribution in [-0.2, 0) is 6.61 Å². The molecule has 1 saturated heterocycles. The molecule has 1 aliphatic rings. The molecule has 0 aromatic heterocycles. The molecule has 2 aromatic carbocycles. The molecule has 1 fully saturated rings. The molecule has 2 aromatic rings. The lowest BCUT2D eigenvalue weighted by molar-refractivity contribution is 0.0712. The quantitative estimate of drug-likeness (QED) is 0.924. The van der Waals surface area contributed by atoms with E-state index in [-0.39, 0.29) is 24.4 Å². The second-order valence-corrected chi connectivity index (χ2v) is 5.89. The first-order chi connectivity index (χ1) is 11.2. The SMILES string of the molecule is Cl.NC1CCN(C(=O)c2ccccc2COc2ccccc2)CC1. The third-order valence-corrected chi connectivity index (χ3v) is 4.21. The van der Waals surface area contributed by atoms with Gasteiger partial charge >= 0.3 is 0 Å². The van der Waals surface area contributed by atoms with Crippen molar-refractivity contribution >= 4 is 18.3 Å². The second kappa shape index (κ2) is 8.71. The van der Waals surface area contributed by atoms with Gasteiger partial charge in [0.05, 0.1) is 0 Å². The minimum Gasteiger partial charge on any atom is -0.489 e. The number of rotatable bonds is 4. The Labute approximate surface area is 149 Å². The summed E-state index contributed by atoms with van der Waals surface area (Å²) in [4.78, 5) is 14.7. The van der Waals surface area contributed by atoms with Crippen LogP contribution in [0.25, 0.3) is 0 Å². The van der Waals surface area contributed by atoms with Gasteiger partial charge in [0.1, 0.15) is 12.4 Å². The number of ether oxygens (including phenoxy) is 1. The summed E-state index contributed by atoms with van der Waals surface area (Å²) < 4.78 is 5.80. The first-order valence-corrected chi connectivity index (χ1v) is 8.04. The Balaban J connectivity index is 0.00000208. The number of para-hydroxylation sites is 1. The molecule has 1 aliphatic heterocycles. The van der Waals surface area contributed by atoms with E-state index in [2.05, 4.69) is 0 Å². The fourth-order valence-corrected chi connectivity index (χ4v) is 2.81. The van der Waals surface area contributed by atoms with E-state index in [0.29, 0.717) is 6.61 Å². The Bertz CT molecular complexity index is 655. The zero-order valence-electron chi connectivity index (χ0n) is 13.6. The average Bonchev–Trinajstić information content (AvgIpc) is 2.61. The molecule has 1 amide bonds. The van der Waals surface area contributed by atoms with E-state index in [9.17, 15) is 4.79 Å². The van der Waals surface area contributed by atoms with Gasteiger partial charge in [-0.1, -0.05) is 36.4 Å². The molecular weight excluding hydrogens is 324 g/mol. The van der Waals surface area contributed by atoms with E-state index in [4.69, 9.17) is 10.5 Å². The van der Waals surface area contributed by atoms with Crippen molar-refractivity contribution in [3.8, 4) is 5.75 Å². The molecule has 0 radical (unpaired) electrons. The van der Waals surface area contributed by atoms with E-state index >= 15 is 0 Å². The third-order valence-electron chi connectivity index (χ3n) is 4.21. The summed E-state index contributed by atoms with van der Waals surface area (Å²) in [5, 5.41) is 0. The molecule has 0 unspecified atom stereocenters. The number of carbonyl (C=O) groups is 1. The van der Waals surface area contributed by atoms with Gasteiger partial charge in [0, 0.05) is 30.3 Å². The third kappa shape index (κ3) is 4.49. The van der Waals surface area contributed by atoms with Crippen molar-refractivity contribution in [3.05, 3.63) is 65.7 Å². The molecule has 2 N–H and O–H groups in total. The summed E-state index contributed by atoms with van der Waals surface area (Å²) in [7, 11) is 0. The molecule has 4 nitrogen and oxygen atoms in total. The predicted molar refractivity (Wildman–Crippen MR) is 97.6 cm³/mol. The lowest BCUT2D eigenvalue weighted by Crippen LogP contribution is -2.43. The number of hydrogen-bond acceptors (Lipinski definition) is 3. The molecule has 0 atom stereocenters. The van der Waals surface area contributed by atoms with Crippen LogP contribution in [0, 0.1) is 0 Å². The number of piperidine rings is 1. The normalized spacial score (nSPS) is 14.8. The number of benzene rings is 2.